The molecule has 0 aliphatic heterocycles. The van der Waals surface area contributed by atoms with E-state index in [0.29, 0.717) is 16.6 Å². The molecule has 4 rings (SSSR count). The molecule has 4 aromatic rings. The van der Waals surface area contributed by atoms with Gasteiger partial charge in [-0.05, 0) is 34.2 Å². The second kappa shape index (κ2) is 9.41. The van der Waals surface area contributed by atoms with Gasteiger partial charge in [-0.1, -0.05) is 35.7 Å². The third kappa shape index (κ3) is 5.37. The first-order chi connectivity index (χ1) is 15.0. The van der Waals surface area contributed by atoms with Crippen LogP contribution in [0.1, 0.15) is 5.56 Å². The Hall–Kier alpha value is -3.03. The number of aromatic nitrogens is 5. The number of carbonyl (C=O) groups excluding carboxylic acids is 1. The topological polar surface area (TPSA) is 129 Å². The maximum atomic E-state index is 12.2. The lowest BCUT2D eigenvalue weighted by atomic mass is 10.2. The number of nitrogens with zero attached hydrogens (tertiary/aromatic N) is 6. The summed E-state index contributed by atoms with van der Waals surface area (Å²) in [7, 11) is 1.72. The summed E-state index contributed by atoms with van der Waals surface area (Å²) in [6, 6.07) is 12.1. The number of fused-ring (bicyclic) bond motifs is 1. The van der Waals surface area contributed by atoms with E-state index < -0.39 is 4.92 Å². The lowest BCUT2D eigenvalue weighted by Gasteiger charge is -2.04. The Morgan fingerprint density at radius 1 is 1.23 bits per heavy atom. The summed E-state index contributed by atoms with van der Waals surface area (Å²) < 4.78 is 3.37. The van der Waals surface area contributed by atoms with E-state index in [-0.39, 0.29) is 17.3 Å². The lowest BCUT2D eigenvalue weighted by molar-refractivity contribution is -0.384. The molecule has 0 radical (unpaired) electrons. The number of nitro groups is 1. The fourth-order valence-corrected chi connectivity index (χ4v) is 5.29. The van der Waals surface area contributed by atoms with Crippen LogP contribution in [0.3, 0.4) is 0 Å². The molecule has 13 heteroatoms. The zero-order valence-corrected chi connectivity index (χ0v) is 18.5. The van der Waals surface area contributed by atoms with E-state index in [1.807, 2.05) is 18.2 Å². The maximum absolute atomic E-state index is 12.2. The first-order valence-corrected chi connectivity index (χ1v) is 11.7. The van der Waals surface area contributed by atoms with E-state index >= 15 is 0 Å². The Kier molecular flexibility index (Phi) is 6.44. The van der Waals surface area contributed by atoms with Gasteiger partial charge in [0.1, 0.15) is 0 Å². The highest BCUT2D eigenvalue weighted by Crippen LogP contribution is 2.33. The number of anilines is 1. The Bertz CT molecular complexity index is 1240. The van der Waals surface area contributed by atoms with Crippen LogP contribution in [-0.2, 0) is 17.6 Å². The summed E-state index contributed by atoms with van der Waals surface area (Å²) in [5.74, 6) is 0.713. The van der Waals surface area contributed by atoms with Gasteiger partial charge < -0.3 is 5.32 Å². The van der Waals surface area contributed by atoms with E-state index in [0.717, 1.165) is 20.1 Å². The SMILES string of the molecule is Cn1nnnc1SCC(=O)Nc1ccc2nc(SCc3ccc([N+](=O)[O-])cc3)sc2c1. The van der Waals surface area contributed by atoms with Crippen molar-refractivity contribution < 1.29 is 9.72 Å². The standard InChI is InChI=1S/C18H15N7O3S3/c1-24-17(21-22-23-24)29-10-16(26)19-12-4-7-14-15(8-12)31-18(20-14)30-9-11-2-5-13(6-3-11)25(27)28/h2-8H,9-10H2,1H3,(H,19,26). The van der Waals surface area contributed by atoms with Crippen molar-refractivity contribution in [3.8, 4) is 0 Å². The fourth-order valence-electron chi connectivity index (χ4n) is 2.57. The molecule has 0 aliphatic rings. The Labute approximate surface area is 188 Å². The van der Waals surface area contributed by atoms with E-state index in [9.17, 15) is 14.9 Å². The quantitative estimate of drug-likeness (QED) is 0.231. The van der Waals surface area contributed by atoms with Crippen molar-refractivity contribution in [2.75, 3.05) is 11.1 Å². The highest BCUT2D eigenvalue weighted by Gasteiger charge is 2.11. The molecular weight excluding hydrogens is 458 g/mol. The minimum Gasteiger partial charge on any atom is -0.325 e. The van der Waals surface area contributed by atoms with E-state index in [1.165, 1.54) is 39.9 Å². The summed E-state index contributed by atoms with van der Waals surface area (Å²) in [6.45, 7) is 0. The summed E-state index contributed by atoms with van der Waals surface area (Å²) >= 11 is 4.36. The average Bonchev–Trinajstić information content (AvgIpc) is 3.36. The molecule has 2 aromatic heterocycles. The Balaban J connectivity index is 1.35. The van der Waals surface area contributed by atoms with Crippen molar-refractivity contribution in [1.29, 1.82) is 0 Å². The Morgan fingerprint density at radius 3 is 2.74 bits per heavy atom. The monoisotopic (exact) mass is 473 g/mol. The molecule has 2 aromatic carbocycles. The normalized spacial score (nSPS) is 11.0. The smallest absolute Gasteiger partial charge is 0.269 e. The van der Waals surface area contributed by atoms with Crippen LogP contribution in [0.25, 0.3) is 10.2 Å². The highest BCUT2D eigenvalue weighted by atomic mass is 32.2. The number of nitro benzene ring substituents is 1. The van der Waals surface area contributed by atoms with Gasteiger partial charge in [0.05, 0.1) is 20.9 Å². The summed E-state index contributed by atoms with van der Waals surface area (Å²) in [4.78, 5) is 27.2. The number of thioether (sulfide) groups is 2. The largest absolute Gasteiger partial charge is 0.325 e. The molecule has 158 valence electrons. The van der Waals surface area contributed by atoms with Crippen LogP contribution < -0.4 is 5.32 Å². The van der Waals surface area contributed by atoms with Gasteiger partial charge in [0, 0.05) is 30.6 Å². The number of benzene rings is 2. The van der Waals surface area contributed by atoms with Gasteiger partial charge >= 0.3 is 0 Å². The van der Waals surface area contributed by atoms with Crippen molar-refractivity contribution in [3.05, 3.63) is 58.1 Å². The Morgan fingerprint density at radius 2 is 2.03 bits per heavy atom. The minimum atomic E-state index is -0.410. The van der Waals surface area contributed by atoms with Crippen LogP contribution in [0.4, 0.5) is 11.4 Å². The van der Waals surface area contributed by atoms with Crippen molar-refractivity contribution in [2.45, 2.75) is 15.2 Å². The zero-order valence-electron chi connectivity index (χ0n) is 16.1. The van der Waals surface area contributed by atoms with Crippen LogP contribution in [0.5, 0.6) is 0 Å². The number of non-ortho nitro benzene ring substituents is 1. The number of carbonyl (C=O) groups is 1. The number of aryl methyl sites for hydroxylation is 1. The first-order valence-electron chi connectivity index (χ1n) is 8.89. The molecule has 0 aliphatic carbocycles. The predicted molar refractivity (Wildman–Crippen MR) is 120 cm³/mol. The molecule has 0 saturated heterocycles. The number of nitrogens with one attached hydrogen (secondary N) is 1. The average molecular weight is 474 g/mol. The number of hydrogen-bond donors (Lipinski definition) is 1. The molecule has 1 amide bonds. The molecule has 2 heterocycles. The number of amides is 1. The first kappa shape index (κ1) is 21.2. The van der Waals surface area contributed by atoms with Crippen molar-refractivity contribution in [3.63, 3.8) is 0 Å². The molecule has 31 heavy (non-hydrogen) atoms. The third-order valence-electron chi connectivity index (χ3n) is 4.08. The molecule has 0 saturated carbocycles. The summed E-state index contributed by atoms with van der Waals surface area (Å²) in [5, 5.41) is 25.3. The van der Waals surface area contributed by atoms with Gasteiger partial charge in [0.15, 0.2) is 4.34 Å². The molecule has 0 unspecified atom stereocenters. The predicted octanol–water partition coefficient (Wildman–Crippen LogP) is 3.75. The zero-order chi connectivity index (χ0) is 21.8. The van der Waals surface area contributed by atoms with Crippen LogP contribution in [0.2, 0.25) is 0 Å². The maximum Gasteiger partial charge on any atom is 0.269 e. The number of thiazole rings is 1. The van der Waals surface area contributed by atoms with Gasteiger partial charge in [0.2, 0.25) is 11.1 Å². The molecular formula is C18H15N7O3S3. The van der Waals surface area contributed by atoms with Crippen LogP contribution in [-0.4, -0.2) is 41.8 Å². The van der Waals surface area contributed by atoms with Gasteiger partial charge in [0.25, 0.3) is 5.69 Å². The summed E-state index contributed by atoms with van der Waals surface area (Å²) in [6.07, 6.45) is 0. The van der Waals surface area contributed by atoms with Crippen LogP contribution >= 0.6 is 34.9 Å². The number of rotatable bonds is 8. The van der Waals surface area contributed by atoms with Gasteiger partial charge in [-0.25, -0.2) is 9.67 Å². The van der Waals surface area contributed by atoms with Gasteiger partial charge in [-0.2, -0.15) is 0 Å². The minimum absolute atomic E-state index is 0.0787. The van der Waals surface area contributed by atoms with Crippen LogP contribution in [0.15, 0.2) is 52.0 Å². The molecule has 10 nitrogen and oxygen atoms in total. The van der Waals surface area contributed by atoms with E-state index in [1.54, 1.807) is 30.9 Å². The number of hydrogen-bond acceptors (Lipinski definition) is 10. The molecule has 1 N–H and O–H groups in total. The van der Waals surface area contributed by atoms with Crippen molar-refractivity contribution in [2.24, 2.45) is 7.05 Å². The molecule has 0 atom stereocenters. The second-order valence-electron chi connectivity index (χ2n) is 6.30. The molecule has 0 spiro atoms. The van der Waals surface area contributed by atoms with E-state index in [2.05, 4.69) is 25.8 Å². The fraction of sp³-hybridized carbons (Fsp3) is 0.167. The van der Waals surface area contributed by atoms with Crippen molar-refractivity contribution in [1.82, 2.24) is 25.2 Å². The van der Waals surface area contributed by atoms with Gasteiger partial charge in [-0.3, -0.25) is 14.9 Å². The van der Waals surface area contributed by atoms with E-state index in [4.69, 9.17) is 0 Å². The summed E-state index contributed by atoms with van der Waals surface area (Å²) in [5.41, 5.74) is 2.62. The molecule has 0 bridgehead atoms. The highest BCUT2D eigenvalue weighted by molar-refractivity contribution is 8.00. The second-order valence-corrected chi connectivity index (χ2v) is 9.49. The lowest BCUT2D eigenvalue weighted by Crippen LogP contribution is -2.14. The third-order valence-corrected chi connectivity index (χ3v) is 7.32. The van der Waals surface area contributed by atoms with Gasteiger partial charge in [-0.15, -0.1) is 16.4 Å². The molecule has 0 fully saturated rings. The number of tetrazole rings is 1. The van der Waals surface area contributed by atoms with Crippen LogP contribution in [0, 0.1) is 10.1 Å². The van der Waals surface area contributed by atoms with Crippen molar-refractivity contribution >= 4 is 62.4 Å².